The third kappa shape index (κ3) is 3.88. The molecule has 148 valence electrons. The number of amides is 1. The van der Waals surface area contributed by atoms with E-state index < -0.39 is 10.0 Å². The predicted octanol–water partition coefficient (Wildman–Crippen LogP) is 0.946. The molecule has 4 heterocycles. The van der Waals surface area contributed by atoms with Crippen LogP contribution in [0.1, 0.15) is 36.2 Å². The van der Waals surface area contributed by atoms with E-state index in [2.05, 4.69) is 15.2 Å². The smallest absolute Gasteiger partial charge is 0.269 e. The van der Waals surface area contributed by atoms with Crippen molar-refractivity contribution in [3.05, 3.63) is 30.1 Å². The van der Waals surface area contributed by atoms with Gasteiger partial charge < -0.3 is 5.32 Å². The number of carbonyl (C=O) groups is 1. The van der Waals surface area contributed by atoms with Gasteiger partial charge in [0.05, 0.1) is 6.26 Å². The Balaban J connectivity index is 1.51. The van der Waals surface area contributed by atoms with E-state index in [1.54, 1.807) is 28.7 Å². The lowest BCUT2D eigenvalue weighted by Crippen LogP contribution is -2.66. The van der Waals surface area contributed by atoms with Gasteiger partial charge in [-0.25, -0.2) is 12.7 Å². The predicted molar refractivity (Wildman–Crippen MR) is 103 cm³/mol. The van der Waals surface area contributed by atoms with Gasteiger partial charge in [-0.1, -0.05) is 12.5 Å². The molecule has 3 aliphatic rings. The second kappa shape index (κ2) is 7.48. The SMILES string of the molecule is CS(=O)(=O)N1C[C@H]2C[C@@H](C1)[C@H](CNC(=O)c1ccccn1)N1CCCC[C@@H]21. The molecule has 3 fully saturated rings. The van der Waals surface area contributed by atoms with E-state index in [4.69, 9.17) is 0 Å². The van der Waals surface area contributed by atoms with E-state index in [0.29, 0.717) is 37.3 Å². The molecule has 4 rings (SSSR count). The Bertz CT molecular complexity index is 785. The Kier molecular flexibility index (Phi) is 5.22. The molecule has 1 aromatic heterocycles. The summed E-state index contributed by atoms with van der Waals surface area (Å²) >= 11 is 0. The van der Waals surface area contributed by atoms with Crippen LogP contribution >= 0.6 is 0 Å². The maximum absolute atomic E-state index is 12.4. The van der Waals surface area contributed by atoms with Crippen LogP contribution in [-0.2, 0) is 10.0 Å². The fraction of sp³-hybridized carbons (Fsp3) is 0.684. The van der Waals surface area contributed by atoms with Crippen molar-refractivity contribution in [3.8, 4) is 0 Å². The van der Waals surface area contributed by atoms with Crippen LogP contribution in [0.4, 0.5) is 0 Å². The Morgan fingerprint density at radius 3 is 2.81 bits per heavy atom. The number of nitrogens with zero attached hydrogens (tertiary/aromatic N) is 3. The van der Waals surface area contributed by atoms with Crippen LogP contribution in [0.25, 0.3) is 0 Å². The fourth-order valence-corrected chi connectivity index (χ4v) is 6.13. The standard InChI is InChI=1S/C19H28N4O3S/c1-27(25,26)22-12-14-10-15(13-22)18(23-9-5-3-7-17(14)23)11-21-19(24)16-6-2-4-8-20-16/h2,4,6,8,14-15,17-18H,3,5,7,9-13H2,1H3,(H,21,24)/t14-,15+,17+,18+/m1/s1. The molecule has 3 saturated heterocycles. The maximum Gasteiger partial charge on any atom is 0.269 e. The van der Waals surface area contributed by atoms with Gasteiger partial charge in [0.1, 0.15) is 5.69 Å². The van der Waals surface area contributed by atoms with Crippen LogP contribution in [0.5, 0.6) is 0 Å². The molecule has 0 radical (unpaired) electrons. The third-order valence-corrected chi connectivity index (χ3v) is 7.66. The van der Waals surface area contributed by atoms with Crippen LogP contribution < -0.4 is 5.32 Å². The fourth-order valence-electron chi connectivity index (χ4n) is 5.20. The van der Waals surface area contributed by atoms with Crippen molar-refractivity contribution in [2.24, 2.45) is 11.8 Å². The summed E-state index contributed by atoms with van der Waals surface area (Å²) in [7, 11) is -3.19. The Labute approximate surface area is 161 Å². The topological polar surface area (TPSA) is 82.6 Å². The van der Waals surface area contributed by atoms with Gasteiger partial charge in [0.2, 0.25) is 10.0 Å². The van der Waals surface area contributed by atoms with Crippen LogP contribution in [-0.4, -0.2) is 73.0 Å². The van der Waals surface area contributed by atoms with Crippen molar-refractivity contribution < 1.29 is 13.2 Å². The maximum atomic E-state index is 12.4. The van der Waals surface area contributed by atoms with Gasteiger partial charge in [-0.2, -0.15) is 0 Å². The molecule has 0 unspecified atom stereocenters. The van der Waals surface area contributed by atoms with Gasteiger partial charge in [-0.15, -0.1) is 0 Å². The lowest BCUT2D eigenvalue weighted by atomic mass is 9.73. The summed E-state index contributed by atoms with van der Waals surface area (Å²) in [6, 6.07) is 5.92. The highest BCUT2D eigenvalue weighted by atomic mass is 32.2. The van der Waals surface area contributed by atoms with E-state index in [-0.39, 0.29) is 17.9 Å². The molecule has 2 bridgehead atoms. The number of fused-ring (bicyclic) bond motifs is 4. The number of hydrogen-bond donors (Lipinski definition) is 1. The molecule has 27 heavy (non-hydrogen) atoms. The molecule has 1 amide bonds. The molecule has 0 spiro atoms. The number of carbonyl (C=O) groups excluding carboxylic acids is 1. The normalized spacial score (nSPS) is 31.9. The lowest BCUT2D eigenvalue weighted by molar-refractivity contribution is -0.0537. The summed E-state index contributed by atoms with van der Waals surface area (Å²) in [4.78, 5) is 19.1. The van der Waals surface area contributed by atoms with E-state index in [0.717, 1.165) is 19.4 Å². The van der Waals surface area contributed by atoms with Crippen molar-refractivity contribution in [3.63, 3.8) is 0 Å². The summed E-state index contributed by atoms with van der Waals surface area (Å²) in [6.45, 7) is 2.79. The van der Waals surface area contributed by atoms with Gasteiger partial charge >= 0.3 is 0 Å². The number of aromatic nitrogens is 1. The average molecular weight is 393 g/mol. The highest BCUT2D eigenvalue weighted by Gasteiger charge is 2.48. The van der Waals surface area contributed by atoms with Crippen LogP contribution in [0.15, 0.2) is 24.4 Å². The van der Waals surface area contributed by atoms with Crippen LogP contribution in [0.3, 0.4) is 0 Å². The van der Waals surface area contributed by atoms with Crippen molar-refractivity contribution in [1.29, 1.82) is 0 Å². The minimum atomic E-state index is -3.19. The number of pyridine rings is 1. The highest BCUT2D eigenvalue weighted by molar-refractivity contribution is 7.88. The van der Waals surface area contributed by atoms with Crippen LogP contribution in [0, 0.1) is 11.8 Å². The van der Waals surface area contributed by atoms with Crippen molar-refractivity contribution in [2.45, 2.75) is 37.8 Å². The largest absolute Gasteiger partial charge is 0.349 e. The number of piperidine rings is 3. The Hall–Kier alpha value is -1.51. The van der Waals surface area contributed by atoms with E-state index >= 15 is 0 Å². The first-order chi connectivity index (χ1) is 12.9. The molecule has 1 N–H and O–H groups in total. The van der Waals surface area contributed by atoms with E-state index in [1.807, 2.05) is 0 Å². The van der Waals surface area contributed by atoms with Crippen molar-refractivity contribution in [2.75, 3.05) is 32.4 Å². The van der Waals surface area contributed by atoms with Gasteiger partial charge in [-0.3, -0.25) is 14.7 Å². The molecule has 1 aromatic rings. The number of nitrogens with one attached hydrogen (secondary N) is 1. The zero-order valence-corrected chi connectivity index (χ0v) is 16.6. The van der Waals surface area contributed by atoms with Crippen LogP contribution in [0.2, 0.25) is 0 Å². The summed E-state index contributed by atoms with van der Waals surface area (Å²) in [5.74, 6) is 0.500. The number of rotatable bonds is 4. The highest BCUT2D eigenvalue weighted by Crippen LogP contribution is 2.41. The second-order valence-corrected chi connectivity index (χ2v) is 10.1. The zero-order chi connectivity index (χ0) is 19.0. The van der Waals surface area contributed by atoms with Crippen molar-refractivity contribution >= 4 is 15.9 Å². The average Bonchev–Trinajstić information content (AvgIpc) is 2.67. The quantitative estimate of drug-likeness (QED) is 0.825. The first-order valence-corrected chi connectivity index (χ1v) is 11.7. The molecule has 0 aromatic carbocycles. The van der Waals surface area contributed by atoms with E-state index in [1.165, 1.54) is 19.1 Å². The summed E-state index contributed by atoms with van der Waals surface area (Å²) in [5, 5.41) is 3.05. The van der Waals surface area contributed by atoms with E-state index in [9.17, 15) is 13.2 Å². The summed E-state index contributed by atoms with van der Waals surface area (Å²) < 4.78 is 26.0. The van der Waals surface area contributed by atoms with Gasteiger partial charge in [0.25, 0.3) is 5.91 Å². The lowest BCUT2D eigenvalue weighted by Gasteiger charge is -2.56. The Morgan fingerprint density at radius 2 is 2.07 bits per heavy atom. The molecular weight excluding hydrogens is 364 g/mol. The third-order valence-electron chi connectivity index (χ3n) is 6.43. The van der Waals surface area contributed by atoms with Gasteiger partial charge in [-0.05, 0) is 49.8 Å². The number of hydrogen-bond acceptors (Lipinski definition) is 5. The van der Waals surface area contributed by atoms with Gasteiger partial charge in [0, 0.05) is 37.9 Å². The summed E-state index contributed by atoms with van der Waals surface area (Å²) in [5.41, 5.74) is 0.419. The minimum absolute atomic E-state index is 0.165. The first kappa shape index (κ1) is 18.8. The molecule has 0 aliphatic carbocycles. The molecule has 8 heteroatoms. The molecule has 3 aliphatic heterocycles. The monoisotopic (exact) mass is 392 g/mol. The minimum Gasteiger partial charge on any atom is -0.349 e. The molecule has 0 saturated carbocycles. The second-order valence-electron chi connectivity index (χ2n) is 8.13. The van der Waals surface area contributed by atoms with Crippen molar-refractivity contribution in [1.82, 2.24) is 19.5 Å². The molecule has 4 atom stereocenters. The van der Waals surface area contributed by atoms with Gasteiger partial charge in [0.15, 0.2) is 0 Å². The Morgan fingerprint density at radius 1 is 1.26 bits per heavy atom. The summed E-state index contributed by atoms with van der Waals surface area (Å²) in [6.07, 6.45) is 7.48. The molecule has 7 nitrogen and oxygen atoms in total. The zero-order valence-electron chi connectivity index (χ0n) is 15.8. The molecular formula is C19H28N4O3S. The number of sulfonamides is 1. The first-order valence-electron chi connectivity index (χ1n) is 9.83.